The summed E-state index contributed by atoms with van der Waals surface area (Å²) in [5.41, 5.74) is -0.433. The van der Waals surface area contributed by atoms with E-state index in [0.29, 0.717) is 6.04 Å². The summed E-state index contributed by atoms with van der Waals surface area (Å²) in [4.78, 5) is 42.0. The number of aromatic amines is 1. The molecule has 7 nitrogen and oxygen atoms in total. The van der Waals surface area contributed by atoms with Crippen molar-refractivity contribution in [1.29, 1.82) is 0 Å². The lowest BCUT2D eigenvalue weighted by molar-refractivity contribution is -0.127. The van der Waals surface area contributed by atoms with Crippen LogP contribution >= 0.6 is 11.8 Å². The number of carboxylic acids is 1. The van der Waals surface area contributed by atoms with Crippen molar-refractivity contribution < 1.29 is 14.7 Å². The Balaban J connectivity index is 2.14. The van der Waals surface area contributed by atoms with E-state index in [1.807, 2.05) is 0 Å². The molecule has 1 aliphatic rings. The Hall–Kier alpha value is -1.83. The van der Waals surface area contributed by atoms with E-state index in [4.69, 9.17) is 5.11 Å². The second-order valence-corrected chi connectivity index (χ2v) is 5.64. The van der Waals surface area contributed by atoms with E-state index in [2.05, 4.69) is 9.97 Å². The zero-order valence-electron chi connectivity index (χ0n) is 11.2. The monoisotopic (exact) mass is 297 g/mol. The summed E-state index contributed by atoms with van der Waals surface area (Å²) < 4.78 is 0. The highest BCUT2D eigenvalue weighted by molar-refractivity contribution is 8.00. The number of aromatic nitrogens is 2. The highest BCUT2D eigenvalue weighted by Gasteiger charge is 2.29. The first-order valence-corrected chi connectivity index (χ1v) is 7.11. The SMILES string of the molecule is Cc1[nH]c(=O)nc(SCC(=O)N(C)C2CC2)c1C(=O)O. The van der Waals surface area contributed by atoms with E-state index in [1.165, 1.54) is 6.92 Å². The van der Waals surface area contributed by atoms with E-state index in [0.717, 1.165) is 24.6 Å². The summed E-state index contributed by atoms with van der Waals surface area (Å²) in [5.74, 6) is -1.19. The van der Waals surface area contributed by atoms with Crippen molar-refractivity contribution in [2.75, 3.05) is 12.8 Å². The molecule has 1 aromatic rings. The number of hydrogen-bond donors (Lipinski definition) is 2. The van der Waals surface area contributed by atoms with Gasteiger partial charge in [0.25, 0.3) is 0 Å². The minimum Gasteiger partial charge on any atom is -0.478 e. The summed E-state index contributed by atoms with van der Waals surface area (Å²) in [6.45, 7) is 1.49. The van der Waals surface area contributed by atoms with E-state index in [9.17, 15) is 14.4 Å². The molecule has 108 valence electrons. The second-order valence-electron chi connectivity index (χ2n) is 4.68. The lowest BCUT2D eigenvalue weighted by Crippen LogP contribution is -2.30. The van der Waals surface area contributed by atoms with Crippen molar-refractivity contribution >= 4 is 23.6 Å². The van der Waals surface area contributed by atoms with Crippen LogP contribution < -0.4 is 5.69 Å². The Bertz CT molecular complexity index is 609. The summed E-state index contributed by atoms with van der Waals surface area (Å²) >= 11 is 0.982. The number of nitrogens with one attached hydrogen (secondary N) is 1. The number of carboxylic acid groups (broad SMARTS) is 1. The summed E-state index contributed by atoms with van der Waals surface area (Å²) in [6.07, 6.45) is 2.02. The summed E-state index contributed by atoms with van der Waals surface area (Å²) in [7, 11) is 1.73. The van der Waals surface area contributed by atoms with Gasteiger partial charge in [0, 0.05) is 18.8 Å². The van der Waals surface area contributed by atoms with Gasteiger partial charge in [-0.2, -0.15) is 4.98 Å². The van der Waals surface area contributed by atoms with Crippen LogP contribution in [-0.2, 0) is 4.79 Å². The third kappa shape index (κ3) is 3.19. The first-order chi connectivity index (χ1) is 9.40. The molecule has 0 radical (unpaired) electrons. The molecular weight excluding hydrogens is 282 g/mol. The molecule has 0 saturated heterocycles. The third-order valence-electron chi connectivity index (χ3n) is 3.12. The van der Waals surface area contributed by atoms with Crippen molar-refractivity contribution in [2.45, 2.75) is 30.8 Å². The molecule has 1 heterocycles. The minimum atomic E-state index is -1.17. The van der Waals surface area contributed by atoms with Crippen LogP contribution in [0.25, 0.3) is 0 Å². The van der Waals surface area contributed by atoms with Gasteiger partial charge in [0.1, 0.15) is 10.6 Å². The van der Waals surface area contributed by atoms with Gasteiger partial charge in [-0.1, -0.05) is 11.8 Å². The zero-order chi connectivity index (χ0) is 14.9. The number of H-pyrrole nitrogens is 1. The van der Waals surface area contributed by atoms with E-state index in [-0.39, 0.29) is 27.9 Å². The second kappa shape index (κ2) is 5.66. The number of rotatable bonds is 5. The van der Waals surface area contributed by atoms with Crippen molar-refractivity contribution in [1.82, 2.24) is 14.9 Å². The Labute approximate surface area is 119 Å². The number of amides is 1. The van der Waals surface area contributed by atoms with Crippen molar-refractivity contribution in [2.24, 2.45) is 0 Å². The Morgan fingerprint density at radius 2 is 2.15 bits per heavy atom. The maximum Gasteiger partial charge on any atom is 0.346 e. The zero-order valence-corrected chi connectivity index (χ0v) is 12.0. The fourth-order valence-corrected chi connectivity index (χ4v) is 2.81. The van der Waals surface area contributed by atoms with Gasteiger partial charge < -0.3 is 15.0 Å². The van der Waals surface area contributed by atoms with Crippen LogP contribution in [0.2, 0.25) is 0 Å². The van der Waals surface area contributed by atoms with Crippen LogP contribution in [0.4, 0.5) is 0 Å². The highest BCUT2D eigenvalue weighted by atomic mass is 32.2. The van der Waals surface area contributed by atoms with Crippen LogP contribution in [0.15, 0.2) is 9.82 Å². The molecule has 1 amide bonds. The molecule has 0 unspecified atom stereocenters. The smallest absolute Gasteiger partial charge is 0.346 e. The van der Waals surface area contributed by atoms with Gasteiger partial charge in [-0.15, -0.1) is 0 Å². The number of aromatic carboxylic acids is 1. The average molecular weight is 297 g/mol. The molecule has 0 aromatic carbocycles. The van der Waals surface area contributed by atoms with Crippen LogP contribution in [0.3, 0.4) is 0 Å². The minimum absolute atomic E-state index is 0.0588. The number of carbonyl (C=O) groups is 2. The molecule has 1 fully saturated rings. The highest BCUT2D eigenvalue weighted by Crippen LogP contribution is 2.27. The molecule has 20 heavy (non-hydrogen) atoms. The number of aryl methyl sites for hydroxylation is 1. The van der Waals surface area contributed by atoms with Crippen LogP contribution in [0.1, 0.15) is 28.9 Å². The normalized spacial score (nSPS) is 14.1. The lowest BCUT2D eigenvalue weighted by Gasteiger charge is -2.15. The Morgan fingerprint density at radius 3 is 2.70 bits per heavy atom. The van der Waals surface area contributed by atoms with E-state index >= 15 is 0 Å². The molecule has 2 N–H and O–H groups in total. The van der Waals surface area contributed by atoms with E-state index in [1.54, 1.807) is 11.9 Å². The molecule has 8 heteroatoms. The summed E-state index contributed by atoms with van der Waals surface area (Å²) in [6, 6.07) is 0.302. The predicted molar refractivity (Wildman–Crippen MR) is 73.1 cm³/mol. The Morgan fingerprint density at radius 1 is 1.50 bits per heavy atom. The molecule has 2 rings (SSSR count). The van der Waals surface area contributed by atoms with Gasteiger partial charge in [-0.05, 0) is 19.8 Å². The van der Waals surface area contributed by atoms with Crippen molar-refractivity contribution in [3.63, 3.8) is 0 Å². The van der Waals surface area contributed by atoms with Crippen LogP contribution in [-0.4, -0.2) is 50.7 Å². The van der Waals surface area contributed by atoms with Gasteiger partial charge in [0.2, 0.25) is 5.91 Å². The number of nitrogens with zero attached hydrogens (tertiary/aromatic N) is 2. The molecule has 1 aliphatic carbocycles. The molecular formula is C12H15N3O4S. The maximum atomic E-state index is 11.9. The average Bonchev–Trinajstić information content (AvgIpc) is 3.17. The Kier molecular flexibility index (Phi) is 4.12. The topological polar surface area (TPSA) is 103 Å². The first kappa shape index (κ1) is 14.6. The molecule has 1 aromatic heterocycles. The number of hydrogen-bond acceptors (Lipinski definition) is 5. The van der Waals surface area contributed by atoms with E-state index < -0.39 is 11.7 Å². The maximum absolute atomic E-state index is 11.9. The van der Waals surface area contributed by atoms with Gasteiger partial charge in [-0.25, -0.2) is 9.59 Å². The number of carbonyl (C=O) groups excluding carboxylic acids is 1. The van der Waals surface area contributed by atoms with Crippen LogP contribution in [0.5, 0.6) is 0 Å². The van der Waals surface area contributed by atoms with Crippen molar-refractivity contribution in [3.05, 3.63) is 21.7 Å². The largest absolute Gasteiger partial charge is 0.478 e. The summed E-state index contributed by atoms with van der Waals surface area (Å²) in [5, 5.41) is 9.22. The number of thioether (sulfide) groups is 1. The predicted octanol–water partition coefficient (Wildman–Crippen LogP) is 0.489. The molecule has 1 saturated carbocycles. The fourth-order valence-electron chi connectivity index (χ4n) is 1.81. The van der Waals surface area contributed by atoms with Gasteiger partial charge in [-0.3, -0.25) is 4.79 Å². The van der Waals surface area contributed by atoms with Crippen molar-refractivity contribution in [3.8, 4) is 0 Å². The molecule has 0 spiro atoms. The standard InChI is InChI=1S/C12H15N3O4S/c1-6-9(11(17)18)10(14-12(19)13-6)20-5-8(16)15(2)7-3-4-7/h7H,3-5H2,1-2H3,(H,17,18)(H,13,14,19). The first-order valence-electron chi connectivity index (χ1n) is 6.13. The molecule has 0 atom stereocenters. The van der Waals surface area contributed by atoms with Gasteiger partial charge in [0.15, 0.2) is 0 Å². The quantitative estimate of drug-likeness (QED) is 0.605. The van der Waals surface area contributed by atoms with Crippen LogP contribution in [0, 0.1) is 6.92 Å². The molecule has 0 bridgehead atoms. The third-order valence-corrected chi connectivity index (χ3v) is 4.08. The van der Waals surface area contributed by atoms with Gasteiger partial charge >= 0.3 is 11.7 Å². The lowest BCUT2D eigenvalue weighted by atomic mass is 10.2. The molecule has 0 aliphatic heterocycles. The fraction of sp³-hybridized carbons (Fsp3) is 0.500. The van der Waals surface area contributed by atoms with Gasteiger partial charge in [0.05, 0.1) is 5.75 Å².